The van der Waals surface area contributed by atoms with Crippen molar-refractivity contribution in [2.24, 2.45) is 11.7 Å². The van der Waals surface area contributed by atoms with Crippen molar-refractivity contribution in [3.8, 4) is 0 Å². The zero-order valence-corrected chi connectivity index (χ0v) is 12.3. The number of carbonyl (C=O) groups excluding carboxylic acids is 1. The zero-order chi connectivity index (χ0) is 14.4. The molecule has 0 unspecified atom stereocenters. The van der Waals surface area contributed by atoms with E-state index in [2.05, 4.69) is 35.3 Å². The minimum atomic E-state index is -0.105. The molecule has 1 aromatic rings. The van der Waals surface area contributed by atoms with E-state index in [1.54, 1.807) is 0 Å². The van der Waals surface area contributed by atoms with Gasteiger partial charge in [-0.25, -0.2) is 0 Å². The van der Waals surface area contributed by atoms with Crippen molar-refractivity contribution < 1.29 is 4.79 Å². The maximum absolute atomic E-state index is 11.3. The Bertz CT molecular complexity index is 439. The van der Waals surface area contributed by atoms with Gasteiger partial charge in [-0.1, -0.05) is 31.2 Å². The number of amides is 1. The molecule has 4 nitrogen and oxygen atoms in total. The first-order valence-corrected chi connectivity index (χ1v) is 7.45. The monoisotopic (exact) mass is 275 g/mol. The molecule has 0 saturated carbocycles. The Morgan fingerprint density at radius 2 is 1.95 bits per heavy atom. The molecule has 0 aliphatic carbocycles. The normalized spacial score (nSPS) is 17.1. The lowest BCUT2D eigenvalue weighted by molar-refractivity contribution is -0.119. The van der Waals surface area contributed by atoms with Gasteiger partial charge in [-0.15, -0.1) is 0 Å². The van der Waals surface area contributed by atoms with E-state index >= 15 is 0 Å². The Morgan fingerprint density at radius 3 is 2.60 bits per heavy atom. The lowest BCUT2D eigenvalue weighted by Crippen LogP contribution is -2.33. The van der Waals surface area contributed by atoms with Crippen LogP contribution in [0.15, 0.2) is 24.3 Å². The average Bonchev–Trinajstić information content (AvgIpc) is 2.48. The number of likely N-dealkylation sites (tertiary alicyclic amines) is 1. The van der Waals surface area contributed by atoms with Crippen molar-refractivity contribution in [3.63, 3.8) is 0 Å². The Morgan fingerprint density at radius 1 is 1.30 bits per heavy atom. The van der Waals surface area contributed by atoms with E-state index in [0.717, 1.165) is 12.5 Å². The molecule has 2 rings (SSSR count). The van der Waals surface area contributed by atoms with Crippen LogP contribution >= 0.6 is 0 Å². The smallest absolute Gasteiger partial charge is 0.234 e. The van der Waals surface area contributed by atoms with Gasteiger partial charge in [-0.2, -0.15) is 0 Å². The van der Waals surface area contributed by atoms with Crippen molar-refractivity contribution in [2.75, 3.05) is 19.6 Å². The molecule has 4 heteroatoms. The summed E-state index contributed by atoms with van der Waals surface area (Å²) in [5.74, 6) is 0.747. The molecule has 0 radical (unpaired) electrons. The number of nitrogens with one attached hydrogen (secondary N) is 1. The molecule has 1 aromatic carbocycles. The maximum atomic E-state index is 11.3. The Kier molecular flexibility index (Phi) is 5.56. The van der Waals surface area contributed by atoms with Crippen LogP contribution in [0.3, 0.4) is 0 Å². The van der Waals surface area contributed by atoms with Gasteiger partial charge in [0.05, 0.1) is 6.54 Å². The molecule has 0 aromatic heterocycles. The van der Waals surface area contributed by atoms with E-state index in [0.29, 0.717) is 6.54 Å². The summed E-state index contributed by atoms with van der Waals surface area (Å²) in [7, 11) is 0. The third-order valence-electron chi connectivity index (χ3n) is 4.05. The first-order chi connectivity index (χ1) is 9.69. The average molecular weight is 275 g/mol. The van der Waals surface area contributed by atoms with Crippen molar-refractivity contribution >= 4 is 5.91 Å². The molecule has 1 aliphatic rings. The number of rotatable bonds is 5. The summed E-state index contributed by atoms with van der Waals surface area (Å²) in [4.78, 5) is 13.8. The molecule has 1 saturated heterocycles. The fourth-order valence-electron chi connectivity index (χ4n) is 2.61. The summed E-state index contributed by atoms with van der Waals surface area (Å²) < 4.78 is 0. The number of benzene rings is 1. The Labute approximate surface area is 121 Å². The van der Waals surface area contributed by atoms with Crippen molar-refractivity contribution in [2.45, 2.75) is 32.9 Å². The fraction of sp³-hybridized carbons (Fsp3) is 0.562. The van der Waals surface area contributed by atoms with Crippen LogP contribution in [-0.4, -0.2) is 30.4 Å². The lowest BCUT2D eigenvalue weighted by Gasteiger charge is -2.30. The number of nitrogens with two attached hydrogens (primary N) is 1. The van der Waals surface area contributed by atoms with Gasteiger partial charge in [0.15, 0.2) is 0 Å². The standard InChI is InChI=1S/C16H25N3O/c1-13-6-8-19(9-7-13)12-15-5-3-2-4-14(15)11-18-16(20)10-17/h2-5,13H,6-12,17H2,1H3,(H,18,20). The largest absolute Gasteiger partial charge is 0.351 e. The predicted molar refractivity (Wildman–Crippen MR) is 81.0 cm³/mol. The van der Waals surface area contributed by atoms with Crippen LogP contribution < -0.4 is 11.1 Å². The summed E-state index contributed by atoms with van der Waals surface area (Å²) in [5.41, 5.74) is 7.81. The van der Waals surface area contributed by atoms with Crippen LogP contribution in [-0.2, 0) is 17.9 Å². The molecule has 0 bridgehead atoms. The van der Waals surface area contributed by atoms with E-state index in [4.69, 9.17) is 5.73 Å². The molecule has 1 heterocycles. The molecule has 0 spiro atoms. The predicted octanol–water partition coefficient (Wildman–Crippen LogP) is 1.49. The van der Waals surface area contributed by atoms with E-state index in [-0.39, 0.29) is 12.5 Å². The number of carbonyl (C=O) groups is 1. The van der Waals surface area contributed by atoms with Crippen molar-refractivity contribution in [1.29, 1.82) is 0 Å². The van der Waals surface area contributed by atoms with Crippen LogP contribution in [0.4, 0.5) is 0 Å². The minimum absolute atomic E-state index is 0.0478. The number of hydrogen-bond donors (Lipinski definition) is 2. The van der Waals surface area contributed by atoms with Crippen LogP contribution in [0.5, 0.6) is 0 Å². The van der Waals surface area contributed by atoms with Gasteiger partial charge >= 0.3 is 0 Å². The molecule has 20 heavy (non-hydrogen) atoms. The quantitative estimate of drug-likeness (QED) is 0.856. The zero-order valence-electron chi connectivity index (χ0n) is 12.3. The van der Waals surface area contributed by atoms with Gasteiger partial charge in [0, 0.05) is 13.1 Å². The molecule has 1 aliphatic heterocycles. The van der Waals surface area contributed by atoms with Crippen molar-refractivity contribution in [3.05, 3.63) is 35.4 Å². The second kappa shape index (κ2) is 7.41. The SMILES string of the molecule is CC1CCN(Cc2ccccc2CNC(=O)CN)CC1. The highest BCUT2D eigenvalue weighted by molar-refractivity contribution is 5.77. The maximum Gasteiger partial charge on any atom is 0.234 e. The topological polar surface area (TPSA) is 58.4 Å². The van der Waals surface area contributed by atoms with Gasteiger partial charge in [-0.05, 0) is 43.0 Å². The molecular weight excluding hydrogens is 250 g/mol. The molecule has 0 atom stereocenters. The van der Waals surface area contributed by atoms with E-state index in [1.807, 2.05) is 6.07 Å². The molecule has 110 valence electrons. The summed E-state index contributed by atoms with van der Waals surface area (Å²) in [6.45, 7) is 6.26. The first kappa shape index (κ1) is 15.0. The third-order valence-corrected chi connectivity index (χ3v) is 4.05. The molecule has 3 N–H and O–H groups in total. The summed E-state index contributed by atoms with van der Waals surface area (Å²) in [5, 5.41) is 2.85. The summed E-state index contributed by atoms with van der Waals surface area (Å²) in [6, 6.07) is 8.32. The molecule has 1 fully saturated rings. The second-order valence-electron chi connectivity index (χ2n) is 5.71. The minimum Gasteiger partial charge on any atom is -0.351 e. The van der Waals surface area contributed by atoms with Crippen LogP contribution in [0.2, 0.25) is 0 Å². The van der Waals surface area contributed by atoms with E-state index in [1.165, 1.54) is 37.1 Å². The molecular formula is C16H25N3O. The van der Waals surface area contributed by atoms with Crippen molar-refractivity contribution in [1.82, 2.24) is 10.2 Å². The van der Waals surface area contributed by atoms with E-state index in [9.17, 15) is 4.79 Å². The van der Waals surface area contributed by atoms with Gasteiger partial charge in [0.25, 0.3) is 0 Å². The number of piperidine rings is 1. The highest BCUT2D eigenvalue weighted by atomic mass is 16.1. The highest BCUT2D eigenvalue weighted by Crippen LogP contribution is 2.19. The lowest BCUT2D eigenvalue weighted by atomic mass is 9.98. The number of nitrogens with zero attached hydrogens (tertiary/aromatic N) is 1. The van der Waals surface area contributed by atoms with E-state index < -0.39 is 0 Å². The number of hydrogen-bond acceptors (Lipinski definition) is 3. The molecule has 1 amide bonds. The fourth-order valence-corrected chi connectivity index (χ4v) is 2.61. The summed E-state index contributed by atoms with van der Waals surface area (Å²) >= 11 is 0. The Hall–Kier alpha value is -1.39. The first-order valence-electron chi connectivity index (χ1n) is 7.45. The van der Waals surface area contributed by atoms with Crippen LogP contribution in [0.25, 0.3) is 0 Å². The van der Waals surface area contributed by atoms with Crippen LogP contribution in [0.1, 0.15) is 30.9 Å². The van der Waals surface area contributed by atoms with Gasteiger partial charge in [0.2, 0.25) is 5.91 Å². The Balaban J connectivity index is 1.95. The second-order valence-corrected chi connectivity index (χ2v) is 5.71. The van der Waals surface area contributed by atoms with Gasteiger partial charge < -0.3 is 11.1 Å². The van der Waals surface area contributed by atoms with Gasteiger partial charge in [0.1, 0.15) is 0 Å². The van der Waals surface area contributed by atoms with Gasteiger partial charge in [-0.3, -0.25) is 9.69 Å². The van der Waals surface area contributed by atoms with Crippen LogP contribution in [0, 0.1) is 5.92 Å². The summed E-state index contributed by atoms with van der Waals surface area (Å²) in [6.07, 6.45) is 2.57. The highest BCUT2D eigenvalue weighted by Gasteiger charge is 2.16. The third kappa shape index (κ3) is 4.32.